The van der Waals surface area contributed by atoms with Crippen LogP contribution < -0.4 is 0 Å². The highest BCUT2D eigenvalue weighted by Crippen LogP contribution is 2.39. The summed E-state index contributed by atoms with van der Waals surface area (Å²) in [5.41, 5.74) is 0. The Labute approximate surface area is 97.6 Å². The van der Waals surface area contributed by atoms with E-state index in [1.165, 1.54) is 0 Å². The predicted molar refractivity (Wildman–Crippen MR) is 57.6 cm³/mol. The second-order valence-electron chi connectivity index (χ2n) is 4.09. The van der Waals surface area contributed by atoms with Crippen molar-refractivity contribution >= 4 is 15.9 Å². The molecule has 86 valence electrons. The van der Waals surface area contributed by atoms with E-state index in [0.29, 0.717) is 0 Å². The quantitative estimate of drug-likeness (QED) is 0.772. The predicted octanol–water partition coefficient (Wildman–Crippen LogP) is 1.79. The van der Waals surface area contributed by atoms with E-state index < -0.39 is 5.79 Å². The van der Waals surface area contributed by atoms with Gasteiger partial charge in [0, 0.05) is 7.11 Å². The third-order valence-electron chi connectivity index (χ3n) is 2.54. The molecular weight excluding hydrogens is 264 g/mol. The van der Waals surface area contributed by atoms with Crippen molar-refractivity contribution in [1.29, 1.82) is 0 Å². The summed E-state index contributed by atoms with van der Waals surface area (Å²) in [6.07, 6.45) is 1.16. The Morgan fingerprint density at radius 3 is 2.53 bits per heavy atom. The van der Waals surface area contributed by atoms with Gasteiger partial charge in [-0.1, -0.05) is 15.9 Å². The first-order valence-corrected chi connectivity index (χ1v) is 5.80. The molecule has 5 heteroatoms. The zero-order valence-corrected chi connectivity index (χ0v) is 10.6. The summed E-state index contributed by atoms with van der Waals surface area (Å²) in [5, 5.41) is 0. The number of ether oxygens (including phenoxy) is 4. The van der Waals surface area contributed by atoms with Gasteiger partial charge < -0.3 is 18.9 Å². The molecule has 2 fully saturated rings. The van der Waals surface area contributed by atoms with Gasteiger partial charge >= 0.3 is 0 Å². The van der Waals surface area contributed by atoms with E-state index in [4.69, 9.17) is 18.9 Å². The summed E-state index contributed by atoms with van der Waals surface area (Å²) in [5.74, 6) is -0.561. The molecule has 2 heterocycles. The van der Waals surface area contributed by atoms with E-state index in [9.17, 15) is 0 Å². The fourth-order valence-corrected chi connectivity index (χ4v) is 2.31. The average Bonchev–Trinajstić information content (AvgIpc) is 2.61. The Hall–Kier alpha value is 0.0600. The minimum absolute atomic E-state index is 0.0984. The van der Waals surface area contributed by atoms with Crippen molar-refractivity contribution in [2.24, 2.45) is 0 Å². The van der Waals surface area contributed by atoms with Crippen LogP contribution in [0.3, 0.4) is 0 Å². The highest BCUT2D eigenvalue weighted by atomic mass is 79.9. The highest BCUT2D eigenvalue weighted by molar-refractivity contribution is 9.11. The van der Waals surface area contributed by atoms with Crippen molar-refractivity contribution in [2.75, 3.05) is 7.11 Å². The van der Waals surface area contributed by atoms with Crippen molar-refractivity contribution in [1.82, 2.24) is 0 Å². The zero-order chi connectivity index (χ0) is 11.1. The molecule has 0 N–H and O–H groups in total. The van der Waals surface area contributed by atoms with Crippen LogP contribution in [0.4, 0.5) is 0 Å². The summed E-state index contributed by atoms with van der Waals surface area (Å²) in [7, 11) is 1.61. The largest absolute Gasteiger partial charge is 0.353 e. The third kappa shape index (κ3) is 2.12. The van der Waals surface area contributed by atoms with E-state index in [1.807, 2.05) is 19.9 Å². The fraction of sp³-hybridized carbons (Fsp3) is 0.800. The monoisotopic (exact) mass is 278 g/mol. The number of halogens is 1. The van der Waals surface area contributed by atoms with Crippen LogP contribution in [0.2, 0.25) is 0 Å². The molecule has 0 unspecified atom stereocenters. The molecule has 0 spiro atoms. The van der Waals surface area contributed by atoms with Gasteiger partial charge in [-0.15, -0.1) is 0 Å². The molecular formula is C10H15BrO4. The molecule has 15 heavy (non-hydrogen) atoms. The van der Waals surface area contributed by atoms with Gasteiger partial charge in [0.1, 0.15) is 18.3 Å². The molecule has 4 atom stereocenters. The van der Waals surface area contributed by atoms with E-state index >= 15 is 0 Å². The van der Waals surface area contributed by atoms with E-state index in [2.05, 4.69) is 15.9 Å². The average molecular weight is 279 g/mol. The second kappa shape index (κ2) is 4.14. The van der Waals surface area contributed by atoms with Gasteiger partial charge in [-0.05, 0) is 24.9 Å². The van der Waals surface area contributed by atoms with Crippen molar-refractivity contribution < 1.29 is 18.9 Å². The highest BCUT2D eigenvalue weighted by Gasteiger charge is 2.54. The summed E-state index contributed by atoms with van der Waals surface area (Å²) in [4.78, 5) is 1.77. The van der Waals surface area contributed by atoms with Crippen molar-refractivity contribution in [3.05, 3.63) is 11.1 Å². The van der Waals surface area contributed by atoms with Gasteiger partial charge in [-0.25, -0.2) is 0 Å². The molecule has 2 aliphatic rings. The Bertz CT molecular complexity index is 266. The SMILES string of the molecule is CO[C@@H]1O[C@H](/C=C\Br)[C@H]2OC(C)(C)O[C@@H]12. The van der Waals surface area contributed by atoms with Gasteiger partial charge in [0.15, 0.2) is 12.1 Å². The molecule has 0 radical (unpaired) electrons. The Morgan fingerprint density at radius 1 is 1.27 bits per heavy atom. The lowest BCUT2D eigenvalue weighted by Crippen LogP contribution is -2.30. The lowest BCUT2D eigenvalue weighted by molar-refractivity contribution is -0.221. The second-order valence-corrected chi connectivity index (χ2v) is 4.62. The van der Waals surface area contributed by atoms with E-state index in [-0.39, 0.29) is 24.6 Å². The summed E-state index contributed by atoms with van der Waals surface area (Å²) in [6, 6.07) is 0. The molecule has 4 nitrogen and oxygen atoms in total. The number of hydrogen-bond acceptors (Lipinski definition) is 4. The third-order valence-corrected chi connectivity index (χ3v) is 2.85. The standard InChI is InChI=1S/C10H15BrO4/c1-10(2)14-7-6(4-5-11)13-9(12-3)8(7)15-10/h4-9H,1-3H3/b5-4-/t6-,7-,8-,9-/m1/s1. The molecule has 0 amide bonds. The summed E-state index contributed by atoms with van der Waals surface area (Å²) in [6.45, 7) is 3.79. The van der Waals surface area contributed by atoms with Crippen LogP contribution in [-0.2, 0) is 18.9 Å². The Morgan fingerprint density at radius 2 is 1.93 bits per heavy atom. The maximum atomic E-state index is 5.77. The van der Waals surface area contributed by atoms with Crippen LogP contribution in [0.5, 0.6) is 0 Å². The van der Waals surface area contributed by atoms with Crippen LogP contribution in [0, 0.1) is 0 Å². The molecule has 0 aromatic rings. The summed E-state index contributed by atoms with van der Waals surface area (Å²) < 4.78 is 22.3. The number of hydrogen-bond donors (Lipinski definition) is 0. The van der Waals surface area contributed by atoms with Gasteiger partial charge in [0.25, 0.3) is 0 Å². The minimum atomic E-state index is -0.561. The zero-order valence-electron chi connectivity index (χ0n) is 8.98. The van der Waals surface area contributed by atoms with Gasteiger partial charge in [-0.3, -0.25) is 0 Å². The normalized spacial score (nSPS) is 43.7. The smallest absolute Gasteiger partial charge is 0.187 e. The van der Waals surface area contributed by atoms with Crippen molar-refractivity contribution in [2.45, 2.75) is 44.2 Å². The minimum Gasteiger partial charge on any atom is -0.353 e. The van der Waals surface area contributed by atoms with Crippen LogP contribution in [0.25, 0.3) is 0 Å². The number of rotatable bonds is 2. The van der Waals surface area contributed by atoms with Crippen LogP contribution in [0.1, 0.15) is 13.8 Å². The maximum Gasteiger partial charge on any atom is 0.187 e. The van der Waals surface area contributed by atoms with Crippen LogP contribution >= 0.6 is 15.9 Å². The number of methoxy groups -OCH3 is 1. The topological polar surface area (TPSA) is 36.9 Å². The van der Waals surface area contributed by atoms with Gasteiger partial charge in [0.2, 0.25) is 0 Å². The number of fused-ring (bicyclic) bond motifs is 1. The van der Waals surface area contributed by atoms with Gasteiger partial charge in [0.05, 0.1) is 0 Å². The summed E-state index contributed by atoms with van der Waals surface area (Å²) >= 11 is 3.23. The Kier molecular flexibility index (Phi) is 3.19. The first-order chi connectivity index (χ1) is 7.07. The van der Waals surface area contributed by atoms with E-state index in [1.54, 1.807) is 12.1 Å². The molecule has 0 bridgehead atoms. The maximum absolute atomic E-state index is 5.77. The first kappa shape index (κ1) is 11.5. The van der Waals surface area contributed by atoms with Crippen molar-refractivity contribution in [3.63, 3.8) is 0 Å². The fourth-order valence-electron chi connectivity index (χ4n) is 2.01. The molecule has 0 aromatic carbocycles. The molecule has 0 aromatic heterocycles. The molecule has 2 rings (SSSR count). The first-order valence-electron chi connectivity index (χ1n) is 4.88. The Balaban J connectivity index is 2.15. The van der Waals surface area contributed by atoms with Crippen molar-refractivity contribution in [3.8, 4) is 0 Å². The lowest BCUT2D eigenvalue weighted by Gasteiger charge is -2.22. The van der Waals surface area contributed by atoms with E-state index in [0.717, 1.165) is 0 Å². The molecule has 0 saturated carbocycles. The molecule has 2 aliphatic heterocycles. The van der Waals surface area contributed by atoms with Crippen LogP contribution in [-0.4, -0.2) is 37.5 Å². The lowest BCUT2D eigenvalue weighted by atomic mass is 10.1. The molecule has 2 saturated heterocycles. The van der Waals surface area contributed by atoms with Gasteiger partial charge in [-0.2, -0.15) is 0 Å². The molecule has 0 aliphatic carbocycles. The van der Waals surface area contributed by atoms with Crippen LogP contribution in [0.15, 0.2) is 11.1 Å².